The van der Waals surface area contributed by atoms with E-state index in [1.165, 1.54) is 0 Å². The fraction of sp³-hybridized carbons (Fsp3) is 1.00. The van der Waals surface area contributed by atoms with E-state index in [1.54, 1.807) is 6.92 Å². The molecule has 6 N–H and O–H groups in total. The van der Waals surface area contributed by atoms with Gasteiger partial charge in [-0.2, -0.15) is 0 Å². The first kappa shape index (κ1) is 14.8. The molecule has 0 aliphatic rings. The summed E-state index contributed by atoms with van der Waals surface area (Å²) in [6.07, 6.45) is 0. The molecular formula is C9H21NO5. The van der Waals surface area contributed by atoms with Crippen molar-refractivity contribution in [2.45, 2.75) is 12.5 Å². The zero-order chi connectivity index (χ0) is 11.9. The van der Waals surface area contributed by atoms with Gasteiger partial charge in [0.05, 0.1) is 38.6 Å². The van der Waals surface area contributed by atoms with Gasteiger partial charge in [0.1, 0.15) is 0 Å². The molecule has 0 unspecified atom stereocenters. The van der Waals surface area contributed by atoms with Gasteiger partial charge in [0, 0.05) is 12.0 Å². The van der Waals surface area contributed by atoms with Gasteiger partial charge in [0.2, 0.25) is 0 Å². The van der Waals surface area contributed by atoms with Crippen LogP contribution in [0.1, 0.15) is 6.92 Å². The van der Waals surface area contributed by atoms with Crippen molar-refractivity contribution >= 4 is 0 Å². The highest BCUT2D eigenvalue weighted by atomic mass is 16.3. The molecule has 0 aromatic rings. The van der Waals surface area contributed by atoms with Crippen molar-refractivity contribution in [1.29, 1.82) is 0 Å². The summed E-state index contributed by atoms with van der Waals surface area (Å²) in [5.41, 5.74) is -1.92. The van der Waals surface area contributed by atoms with Crippen LogP contribution in [-0.4, -0.2) is 70.7 Å². The van der Waals surface area contributed by atoms with Gasteiger partial charge in [-0.05, 0) is 0 Å². The predicted octanol–water partition coefficient (Wildman–Crippen LogP) is -2.72. The number of aliphatic hydroxyl groups excluding tert-OH is 5. The van der Waals surface area contributed by atoms with E-state index in [9.17, 15) is 0 Å². The van der Waals surface area contributed by atoms with Gasteiger partial charge >= 0.3 is 0 Å². The smallest absolute Gasteiger partial charge is 0.0881 e. The Labute approximate surface area is 89.2 Å². The van der Waals surface area contributed by atoms with Gasteiger partial charge in [-0.3, -0.25) is 0 Å². The topological polar surface area (TPSA) is 113 Å². The molecule has 0 aromatic carbocycles. The van der Waals surface area contributed by atoms with Crippen LogP contribution in [0.3, 0.4) is 0 Å². The first-order valence-electron chi connectivity index (χ1n) is 4.81. The fourth-order valence-electron chi connectivity index (χ4n) is 0.880. The molecule has 0 fully saturated rings. The molecule has 15 heavy (non-hydrogen) atoms. The van der Waals surface area contributed by atoms with Crippen LogP contribution in [0, 0.1) is 5.41 Å². The standard InChI is InChI=1S/C9H21NO5/c1-8(3-11,4-12)2-10-9(5-13,6-14)7-15/h10-15H,2-7H2,1H3. The van der Waals surface area contributed by atoms with E-state index in [1.807, 2.05) is 0 Å². The minimum atomic E-state index is -1.17. The van der Waals surface area contributed by atoms with E-state index in [0.717, 1.165) is 0 Å². The largest absolute Gasteiger partial charge is 0.396 e. The first-order valence-corrected chi connectivity index (χ1v) is 4.81. The average Bonchev–Trinajstić information content (AvgIpc) is 2.31. The summed E-state index contributed by atoms with van der Waals surface area (Å²) in [4.78, 5) is 0. The van der Waals surface area contributed by atoms with Crippen molar-refractivity contribution in [3.63, 3.8) is 0 Å². The lowest BCUT2D eigenvalue weighted by molar-refractivity contribution is 0.0147. The summed E-state index contributed by atoms with van der Waals surface area (Å²) in [5, 5.41) is 47.8. The molecule has 0 spiro atoms. The quantitative estimate of drug-likeness (QED) is 0.267. The summed E-state index contributed by atoms with van der Waals surface area (Å²) in [5.74, 6) is 0. The molecule has 0 saturated carbocycles. The molecule has 0 aliphatic heterocycles. The molecule has 0 radical (unpaired) electrons. The number of rotatable bonds is 8. The Bertz CT molecular complexity index is 160. The highest BCUT2D eigenvalue weighted by Crippen LogP contribution is 2.14. The Kier molecular flexibility index (Phi) is 6.26. The highest BCUT2D eigenvalue weighted by molar-refractivity contribution is 4.89. The molecule has 0 rings (SSSR count). The lowest BCUT2D eigenvalue weighted by atomic mass is 9.91. The Balaban J connectivity index is 4.32. The Hall–Kier alpha value is -0.240. The highest BCUT2D eigenvalue weighted by Gasteiger charge is 2.31. The lowest BCUT2D eigenvalue weighted by Gasteiger charge is -2.34. The van der Waals surface area contributed by atoms with Crippen molar-refractivity contribution in [2.24, 2.45) is 5.41 Å². The summed E-state index contributed by atoms with van der Waals surface area (Å²) in [6.45, 7) is 0.106. The predicted molar refractivity (Wildman–Crippen MR) is 54.3 cm³/mol. The van der Waals surface area contributed by atoms with Gasteiger partial charge in [0.25, 0.3) is 0 Å². The van der Waals surface area contributed by atoms with Gasteiger partial charge in [-0.15, -0.1) is 0 Å². The van der Waals surface area contributed by atoms with E-state index in [2.05, 4.69) is 5.32 Å². The van der Waals surface area contributed by atoms with Crippen molar-refractivity contribution < 1.29 is 25.5 Å². The molecule has 6 nitrogen and oxygen atoms in total. The van der Waals surface area contributed by atoms with E-state index in [-0.39, 0.29) is 19.8 Å². The summed E-state index contributed by atoms with van der Waals surface area (Å²) < 4.78 is 0. The molecule has 92 valence electrons. The second-order valence-corrected chi connectivity index (χ2v) is 4.24. The zero-order valence-corrected chi connectivity index (χ0v) is 8.98. The molecule has 0 aromatic heterocycles. The van der Waals surface area contributed by atoms with Crippen LogP contribution in [0.5, 0.6) is 0 Å². The first-order chi connectivity index (χ1) is 7.01. The number of hydrogen-bond donors (Lipinski definition) is 6. The minimum Gasteiger partial charge on any atom is -0.396 e. The van der Waals surface area contributed by atoms with Gasteiger partial charge in [-0.25, -0.2) is 0 Å². The van der Waals surface area contributed by atoms with Gasteiger partial charge in [0.15, 0.2) is 0 Å². The van der Waals surface area contributed by atoms with Crippen molar-refractivity contribution in [3.05, 3.63) is 0 Å². The second kappa shape index (κ2) is 6.37. The van der Waals surface area contributed by atoms with Crippen LogP contribution in [0.25, 0.3) is 0 Å². The normalized spacial score (nSPS) is 13.2. The fourth-order valence-corrected chi connectivity index (χ4v) is 0.880. The molecule has 6 heteroatoms. The molecular weight excluding hydrogens is 202 g/mol. The van der Waals surface area contributed by atoms with Crippen molar-refractivity contribution in [3.8, 4) is 0 Å². The van der Waals surface area contributed by atoms with Crippen LogP contribution in [0.2, 0.25) is 0 Å². The third-order valence-electron chi connectivity index (χ3n) is 2.56. The Morgan fingerprint density at radius 2 is 1.20 bits per heavy atom. The maximum absolute atomic E-state index is 9.01. The van der Waals surface area contributed by atoms with Crippen LogP contribution in [-0.2, 0) is 0 Å². The van der Waals surface area contributed by atoms with Crippen LogP contribution < -0.4 is 5.32 Å². The van der Waals surface area contributed by atoms with E-state index >= 15 is 0 Å². The average molecular weight is 223 g/mol. The summed E-state index contributed by atoms with van der Waals surface area (Å²) in [6, 6.07) is 0. The third-order valence-corrected chi connectivity index (χ3v) is 2.56. The Morgan fingerprint density at radius 3 is 1.47 bits per heavy atom. The van der Waals surface area contributed by atoms with E-state index in [0.29, 0.717) is 0 Å². The maximum atomic E-state index is 9.01. The molecule has 0 aliphatic carbocycles. The second-order valence-electron chi connectivity index (χ2n) is 4.24. The molecule has 0 bridgehead atoms. The van der Waals surface area contributed by atoms with Crippen LogP contribution in [0.15, 0.2) is 0 Å². The van der Waals surface area contributed by atoms with E-state index in [4.69, 9.17) is 25.5 Å². The number of nitrogens with one attached hydrogen (secondary N) is 1. The van der Waals surface area contributed by atoms with Crippen LogP contribution in [0.4, 0.5) is 0 Å². The molecule has 0 saturated heterocycles. The summed E-state index contributed by atoms with van der Waals surface area (Å²) in [7, 11) is 0. The molecule has 0 amide bonds. The summed E-state index contributed by atoms with van der Waals surface area (Å²) >= 11 is 0. The molecule has 0 heterocycles. The molecule has 0 atom stereocenters. The third kappa shape index (κ3) is 4.02. The monoisotopic (exact) mass is 223 g/mol. The van der Waals surface area contributed by atoms with Crippen molar-refractivity contribution in [1.82, 2.24) is 5.32 Å². The van der Waals surface area contributed by atoms with Gasteiger partial charge in [-0.1, -0.05) is 6.92 Å². The van der Waals surface area contributed by atoms with Crippen LogP contribution >= 0.6 is 0 Å². The lowest BCUT2D eigenvalue weighted by Crippen LogP contribution is -2.58. The number of hydrogen-bond acceptors (Lipinski definition) is 6. The minimum absolute atomic E-state index is 0.182. The Morgan fingerprint density at radius 1 is 0.800 bits per heavy atom. The van der Waals surface area contributed by atoms with E-state index < -0.39 is 30.8 Å². The van der Waals surface area contributed by atoms with Crippen molar-refractivity contribution in [2.75, 3.05) is 39.6 Å². The van der Waals surface area contributed by atoms with Gasteiger partial charge < -0.3 is 30.8 Å². The maximum Gasteiger partial charge on any atom is 0.0881 e. The SMILES string of the molecule is CC(CO)(CO)CNC(CO)(CO)CO. The number of aliphatic hydroxyl groups is 5. The zero-order valence-electron chi connectivity index (χ0n) is 8.98.